The molecule has 1 aliphatic carbocycles. The topological polar surface area (TPSA) is 84.6 Å². The number of nitrogen functional groups attached to an aromatic ring is 1. The zero-order chi connectivity index (χ0) is 14.4. The summed E-state index contributed by atoms with van der Waals surface area (Å²) < 4.78 is 5.45. The van der Waals surface area contributed by atoms with Crippen LogP contribution in [0.5, 0.6) is 5.75 Å². The fraction of sp³-hybridized carbons (Fsp3) is 0.533. The van der Waals surface area contributed by atoms with E-state index < -0.39 is 5.60 Å². The summed E-state index contributed by atoms with van der Waals surface area (Å²) in [6, 6.07) is 7.05. The molecule has 0 aliphatic heterocycles. The standard InChI is InChI=1S/C15H22N2O3/c16-12-3-5-13(6-4-12)20-10-7-14(18)17-11-15(19)8-1-2-9-15/h3-6,19H,1-2,7-11,16H2,(H,17,18). The van der Waals surface area contributed by atoms with Gasteiger partial charge in [-0.25, -0.2) is 0 Å². The van der Waals surface area contributed by atoms with Crippen LogP contribution in [0.4, 0.5) is 5.69 Å². The first-order valence-electron chi connectivity index (χ1n) is 7.05. The van der Waals surface area contributed by atoms with E-state index in [1.54, 1.807) is 24.3 Å². The monoisotopic (exact) mass is 278 g/mol. The van der Waals surface area contributed by atoms with Gasteiger partial charge < -0.3 is 20.9 Å². The molecule has 0 spiro atoms. The van der Waals surface area contributed by atoms with Gasteiger partial charge in [0.15, 0.2) is 0 Å². The summed E-state index contributed by atoms with van der Waals surface area (Å²) in [7, 11) is 0. The van der Waals surface area contributed by atoms with E-state index in [1.165, 1.54) is 0 Å². The SMILES string of the molecule is Nc1ccc(OCCC(=O)NCC2(O)CCCC2)cc1. The summed E-state index contributed by atoms with van der Waals surface area (Å²) in [5.74, 6) is 0.599. The van der Waals surface area contributed by atoms with E-state index in [0.29, 0.717) is 24.6 Å². The zero-order valence-corrected chi connectivity index (χ0v) is 11.6. The molecular weight excluding hydrogens is 256 g/mol. The van der Waals surface area contributed by atoms with Crippen molar-refractivity contribution >= 4 is 11.6 Å². The number of ether oxygens (including phenoxy) is 1. The molecule has 1 aromatic carbocycles. The molecule has 0 saturated heterocycles. The lowest BCUT2D eigenvalue weighted by atomic mass is 10.0. The highest BCUT2D eigenvalue weighted by Gasteiger charge is 2.31. The Kier molecular flexibility index (Phi) is 4.84. The Bertz CT molecular complexity index is 439. The van der Waals surface area contributed by atoms with Crippen molar-refractivity contribution in [2.24, 2.45) is 0 Å². The van der Waals surface area contributed by atoms with E-state index in [1.807, 2.05) is 0 Å². The molecule has 0 heterocycles. The number of benzene rings is 1. The van der Waals surface area contributed by atoms with Gasteiger partial charge in [0.1, 0.15) is 5.75 Å². The average Bonchev–Trinajstić information content (AvgIpc) is 2.86. The molecule has 20 heavy (non-hydrogen) atoms. The van der Waals surface area contributed by atoms with Gasteiger partial charge in [-0.15, -0.1) is 0 Å². The van der Waals surface area contributed by atoms with Crippen LogP contribution < -0.4 is 15.8 Å². The van der Waals surface area contributed by atoms with Gasteiger partial charge in [0, 0.05) is 12.2 Å². The van der Waals surface area contributed by atoms with Crippen LogP contribution in [0.3, 0.4) is 0 Å². The van der Waals surface area contributed by atoms with Crippen LogP contribution in [0.2, 0.25) is 0 Å². The molecule has 1 amide bonds. The molecule has 1 aliphatic rings. The number of carbonyl (C=O) groups excluding carboxylic acids is 1. The summed E-state index contributed by atoms with van der Waals surface area (Å²) in [5, 5.41) is 12.9. The van der Waals surface area contributed by atoms with Crippen molar-refractivity contribution in [3.05, 3.63) is 24.3 Å². The minimum absolute atomic E-state index is 0.0965. The Morgan fingerprint density at radius 2 is 1.95 bits per heavy atom. The predicted molar refractivity (Wildman–Crippen MR) is 77.4 cm³/mol. The third kappa shape index (κ3) is 4.42. The number of nitrogens with one attached hydrogen (secondary N) is 1. The molecule has 5 heteroatoms. The molecule has 1 saturated carbocycles. The Balaban J connectivity index is 1.64. The highest BCUT2D eigenvalue weighted by atomic mass is 16.5. The van der Waals surface area contributed by atoms with Crippen molar-refractivity contribution in [3.63, 3.8) is 0 Å². The first-order chi connectivity index (χ1) is 9.57. The second kappa shape index (κ2) is 6.61. The number of nitrogens with two attached hydrogens (primary N) is 1. The fourth-order valence-electron chi connectivity index (χ4n) is 2.39. The minimum Gasteiger partial charge on any atom is -0.493 e. The van der Waals surface area contributed by atoms with E-state index in [2.05, 4.69) is 5.32 Å². The smallest absolute Gasteiger partial charge is 0.223 e. The molecule has 0 bridgehead atoms. The number of hydrogen-bond donors (Lipinski definition) is 3. The van der Waals surface area contributed by atoms with E-state index in [-0.39, 0.29) is 12.3 Å². The molecule has 1 aromatic rings. The number of anilines is 1. The lowest BCUT2D eigenvalue weighted by molar-refractivity contribution is -0.122. The van der Waals surface area contributed by atoms with Gasteiger partial charge in [0.05, 0.1) is 18.6 Å². The number of amides is 1. The van der Waals surface area contributed by atoms with Crippen molar-refractivity contribution in [2.45, 2.75) is 37.7 Å². The summed E-state index contributed by atoms with van der Waals surface area (Å²) in [5.41, 5.74) is 5.55. The van der Waals surface area contributed by atoms with Crippen LogP contribution in [0, 0.1) is 0 Å². The summed E-state index contributed by atoms with van der Waals surface area (Å²) in [4.78, 5) is 11.7. The molecule has 110 valence electrons. The summed E-state index contributed by atoms with van der Waals surface area (Å²) in [6.45, 7) is 0.655. The van der Waals surface area contributed by atoms with Crippen molar-refractivity contribution < 1.29 is 14.6 Å². The number of rotatable bonds is 6. The van der Waals surface area contributed by atoms with Crippen molar-refractivity contribution in [2.75, 3.05) is 18.9 Å². The molecular formula is C15H22N2O3. The Morgan fingerprint density at radius 3 is 2.60 bits per heavy atom. The molecule has 0 aromatic heterocycles. The van der Waals surface area contributed by atoms with Crippen molar-refractivity contribution in [1.29, 1.82) is 0 Å². The van der Waals surface area contributed by atoms with Gasteiger partial charge in [-0.05, 0) is 37.1 Å². The normalized spacial score (nSPS) is 16.9. The molecule has 0 radical (unpaired) electrons. The van der Waals surface area contributed by atoms with Crippen LogP contribution in [-0.2, 0) is 4.79 Å². The lowest BCUT2D eigenvalue weighted by Crippen LogP contribution is -2.41. The molecule has 5 nitrogen and oxygen atoms in total. The molecule has 2 rings (SSSR count). The third-order valence-corrected chi connectivity index (χ3v) is 3.63. The lowest BCUT2D eigenvalue weighted by Gasteiger charge is -2.22. The third-order valence-electron chi connectivity index (χ3n) is 3.63. The second-order valence-corrected chi connectivity index (χ2v) is 5.38. The quantitative estimate of drug-likeness (QED) is 0.688. The predicted octanol–water partition coefficient (Wildman–Crippen LogP) is 1.46. The summed E-state index contributed by atoms with van der Waals surface area (Å²) >= 11 is 0. The molecule has 0 unspecified atom stereocenters. The molecule has 4 N–H and O–H groups in total. The zero-order valence-electron chi connectivity index (χ0n) is 11.6. The van der Waals surface area contributed by atoms with Crippen LogP contribution >= 0.6 is 0 Å². The maximum Gasteiger partial charge on any atom is 0.223 e. The van der Waals surface area contributed by atoms with Crippen LogP contribution in [0.15, 0.2) is 24.3 Å². The summed E-state index contributed by atoms with van der Waals surface area (Å²) in [6.07, 6.45) is 3.89. The molecule has 1 fully saturated rings. The van der Waals surface area contributed by atoms with Crippen molar-refractivity contribution in [1.82, 2.24) is 5.32 Å². The molecule has 0 atom stereocenters. The van der Waals surface area contributed by atoms with Gasteiger partial charge in [0.2, 0.25) is 5.91 Å². The number of aliphatic hydroxyl groups is 1. The van der Waals surface area contributed by atoms with E-state index >= 15 is 0 Å². The van der Waals surface area contributed by atoms with Crippen LogP contribution in [-0.4, -0.2) is 29.8 Å². The first kappa shape index (κ1) is 14.7. The average molecular weight is 278 g/mol. The van der Waals surface area contributed by atoms with Crippen LogP contribution in [0.1, 0.15) is 32.1 Å². The van der Waals surface area contributed by atoms with E-state index in [9.17, 15) is 9.90 Å². The Hall–Kier alpha value is -1.75. The number of hydrogen-bond acceptors (Lipinski definition) is 4. The number of carbonyl (C=O) groups is 1. The van der Waals surface area contributed by atoms with Crippen LogP contribution in [0.25, 0.3) is 0 Å². The Labute approximate surface area is 119 Å². The highest BCUT2D eigenvalue weighted by molar-refractivity contribution is 5.76. The maximum atomic E-state index is 11.7. The van der Waals surface area contributed by atoms with Gasteiger partial charge in [-0.3, -0.25) is 4.79 Å². The van der Waals surface area contributed by atoms with E-state index in [4.69, 9.17) is 10.5 Å². The van der Waals surface area contributed by atoms with Gasteiger partial charge in [0.25, 0.3) is 0 Å². The maximum absolute atomic E-state index is 11.7. The van der Waals surface area contributed by atoms with Gasteiger partial charge >= 0.3 is 0 Å². The fourth-order valence-corrected chi connectivity index (χ4v) is 2.39. The Morgan fingerprint density at radius 1 is 1.30 bits per heavy atom. The largest absolute Gasteiger partial charge is 0.493 e. The van der Waals surface area contributed by atoms with Crippen molar-refractivity contribution in [3.8, 4) is 5.75 Å². The highest BCUT2D eigenvalue weighted by Crippen LogP contribution is 2.28. The van der Waals surface area contributed by atoms with E-state index in [0.717, 1.165) is 25.7 Å². The first-order valence-corrected chi connectivity index (χ1v) is 7.05. The second-order valence-electron chi connectivity index (χ2n) is 5.38. The van der Waals surface area contributed by atoms with Gasteiger partial charge in [-0.1, -0.05) is 12.8 Å². The minimum atomic E-state index is -0.701. The van der Waals surface area contributed by atoms with Gasteiger partial charge in [-0.2, -0.15) is 0 Å².